The number of rotatable bonds is 5. The molecule has 2 aliphatic rings. The fourth-order valence-corrected chi connectivity index (χ4v) is 3.37. The third-order valence-electron chi connectivity index (χ3n) is 5.06. The molecule has 0 saturated heterocycles. The van der Waals surface area contributed by atoms with Crippen molar-refractivity contribution < 1.29 is 9.53 Å². The van der Waals surface area contributed by atoms with Crippen molar-refractivity contribution in [3.05, 3.63) is 41.5 Å². The molecule has 1 amide bonds. The topological polar surface area (TPSA) is 38.3 Å². The Kier molecular flexibility index (Phi) is 4.23. The van der Waals surface area contributed by atoms with Crippen molar-refractivity contribution in [1.29, 1.82) is 0 Å². The molecule has 3 heteroatoms. The summed E-state index contributed by atoms with van der Waals surface area (Å²) in [5, 5.41) is 3.24. The van der Waals surface area contributed by atoms with Crippen LogP contribution in [0.5, 0.6) is 5.75 Å². The molecular weight excluding hydrogens is 274 g/mol. The molecule has 0 aliphatic heterocycles. The molecule has 0 bridgehead atoms. The lowest BCUT2D eigenvalue weighted by atomic mass is 9.92. The van der Waals surface area contributed by atoms with Gasteiger partial charge in [0.15, 0.2) is 0 Å². The van der Waals surface area contributed by atoms with E-state index < -0.39 is 0 Å². The minimum atomic E-state index is -0.310. The monoisotopic (exact) mass is 299 g/mol. The first-order valence-electron chi connectivity index (χ1n) is 8.30. The van der Waals surface area contributed by atoms with E-state index in [1.165, 1.54) is 18.4 Å². The minimum Gasteiger partial charge on any atom is -0.497 e. The molecule has 0 heterocycles. The zero-order valence-electron chi connectivity index (χ0n) is 13.5. The predicted molar refractivity (Wildman–Crippen MR) is 88.1 cm³/mol. The number of methoxy groups -OCH3 is 1. The Bertz CT molecular complexity index is 570. The minimum absolute atomic E-state index is 0.156. The van der Waals surface area contributed by atoms with Gasteiger partial charge < -0.3 is 10.1 Å². The molecule has 0 spiro atoms. The molecule has 1 fully saturated rings. The smallest absolute Gasteiger partial charge is 0.231 e. The number of benzene rings is 1. The van der Waals surface area contributed by atoms with Gasteiger partial charge in [0.05, 0.1) is 12.5 Å². The molecule has 1 N–H and O–H groups in total. The third kappa shape index (κ3) is 2.90. The van der Waals surface area contributed by atoms with Gasteiger partial charge in [0.1, 0.15) is 5.75 Å². The van der Waals surface area contributed by atoms with E-state index in [9.17, 15) is 4.79 Å². The second kappa shape index (κ2) is 6.15. The van der Waals surface area contributed by atoms with Crippen molar-refractivity contribution in [3.63, 3.8) is 0 Å². The maximum atomic E-state index is 12.8. The highest BCUT2D eigenvalue weighted by Gasteiger charge is 2.51. The van der Waals surface area contributed by atoms with E-state index in [1.54, 1.807) is 7.11 Å². The number of ether oxygens (including phenoxy) is 1. The van der Waals surface area contributed by atoms with E-state index in [2.05, 4.69) is 18.3 Å². The van der Waals surface area contributed by atoms with Gasteiger partial charge in [-0.2, -0.15) is 0 Å². The van der Waals surface area contributed by atoms with Gasteiger partial charge in [-0.25, -0.2) is 0 Å². The molecule has 3 rings (SSSR count). The van der Waals surface area contributed by atoms with Gasteiger partial charge in [-0.15, -0.1) is 0 Å². The number of amides is 1. The largest absolute Gasteiger partial charge is 0.497 e. The van der Waals surface area contributed by atoms with Crippen LogP contribution >= 0.6 is 0 Å². The van der Waals surface area contributed by atoms with Crippen molar-refractivity contribution in [2.75, 3.05) is 7.11 Å². The number of hydrogen-bond acceptors (Lipinski definition) is 2. The molecular formula is C19H25NO2. The van der Waals surface area contributed by atoms with Crippen LogP contribution in [0.25, 0.3) is 0 Å². The Hall–Kier alpha value is -1.77. The second-order valence-corrected chi connectivity index (χ2v) is 6.53. The molecule has 0 radical (unpaired) electrons. The summed E-state index contributed by atoms with van der Waals surface area (Å²) in [6, 6.07) is 8.08. The number of nitrogens with one attached hydrogen (secondary N) is 1. The first-order valence-corrected chi connectivity index (χ1v) is 8.30. The van der Waals surface area contributed by atoms with Crippen molar-refractivity contribution in [3.8, 4) is 5.75 Å². The molecule has 1 atom stereocenters. The second-order valence-electron chi connectivity index (χ2n) is 6.53. The molecule has 0 aromatic heterocycles. The average Bonchev–Trinajstić information content (AvgIpc) is 3.37. The summed E-state index contributed by atoms with van der Waals surface area (Å²) in [4.78, 5) is 12.8. The molecule has 1 unspecified atom stereocenters. The van der Waals surface area contributed by atoms with Gasteiger partial charge in [0.25, 0.3) is 0 Å². The van der Waals surface area contributed by atoms with Crippen LogP contribution in [0.15, 0.2) is 35.9 Å². The molecule has 2 aliphatic carbocycles. The summed E-state index contributed by atoms with van der Waals surface area (Å²) in [7, 11) is 1.66. The summed E-state index contributed by atoms with van der Waals surface area (Å²) < 4.78 is 5.20. The maximum absolute atomic E-state index is 12.8. The van der Waals surface area contributed by atoms with E-state index in [0.29, 0.717) is 0 Å². The van der Waals surface area contributed by atoms with Crippen LogP contribution in [-0.4, -0.2) is 19.1 Å². The Morgan fingerprint density at radius 1 is 1.23 bits per heavy atom. The van der Waals surface area contributed by atoms with Crippen molar-refractivity contribution in [2.45, 2.75) is 56.9 Å². The van der Waals surface area contributed by atoms with Gasteiger partial charge in [-0.1, -0.05) is 23.8 Å². The Balaban J connectivity index is 1.69. The summed E-state index contributed by atoms with van der Waals surface area (Å²) in [6.07, 6.45) is 8.99. The highest BCUT2D eigenvalue weighted by Crippen LogP contribution is 2.48. The fraction of sp³-hybridized carbons (Fsp3) is 0.526. The molecule has 22 heavy (non-hydrogen) atoms. The highest BCUT2D eigenvalue weighted by atomic mass is 16.5. The quantitative estimate of drug-likeness (QED) is 0.841. The molecule has 3 nitrogen and oxygen atoms in total. The first-order chi connectivity index (χ1) is 10.7. The van der Waals surface area contributed by atoms with Gasteiger partial charge >= 0.3 is 0 Å². The van der Waals surface area contributed by atoms with Crippen molar-refractivity contribution in [1.82, 2.24) is 5.32 Å². The third-order valence-corrected chi connectivity index (χ3v) is 5.06. The van der Waals surface area contributed by atoms with Crippen LogP contribution in [0.2, 0.25) is 0 Å². The highest BCUT2D eigenvalue weighted by molar-refractivity contribution is 5.91. The van der Waals surface area contributed by atoms with Crippen LogP contribution in [-0.2, 0) is 10.2 Å². The van der Waals surface area contributed by atoms with Crippen LogP contribution < -0.4 is 10.1 Å². The Labute approximate surface area is 132 Å². The number of carbonyl (C=O) groups excluding carboxylic acids is 1. The average molecular weight is 299 g/mol. The zero-order valence-corrected chi connectivity index (χ0v) is 13.5. The van der Waals surface area contributed by atoms with Crippen LogP contribution in [0.3, 0.4) is 0 Å². The predicted octanol–water partition coefficient (Wildman–Crippen LogP) is 3.73. The maximum Gasteiger partial charge on any atom is 0.231 e. The zero-order chi connectivity index (χ0) is 15.6. The summed E-state index contributed by atoms with van der Waals surface area (Å²) in [5.74, 6) is 1.01. The van der Waals surface area contributed by atoms with Crippen molar-refractivity contribution >= 4 is 5.91 Å². The lowest BCUT2D eigenvalue weighted by Gasteiger charge is -2.24. The molecule has 118 valence electrons. The normalized spacial score (nSPS) is 20.7. The first kappa shape index (κ1) is 15.1. The van der Waals surface area contributed by atoms with E-state index in [-0.39, 0.29) is 17.4 Å². The number of hydrogen-bond donors (Lipinski definition) is 1. The van der Waals surface area contributed by atoms with E-state index in [1.807, 2.05) is 24.3 Å². The van der Waals surface area contributed by atoms with Gasteiger partial charge in [0.2, 0.25) is 5.91 Å². The summed E-state index contributed by atoms with van der Waals surface area (Å²) >= 11 is 0. The van der Waals surface area contributed by atoms with Gasteiger partial charge in [-0.05, 0) is 63.1 Å². The van der Waals surface area contributed by atoms with E-state index in [4.69, 9.17) is 4.74 Å². The lowest BCUT2D eigenvalue weighted by molar-refractivity contribution is -0.124. The van der Waals surface area contributed by atoms with Crippen LogP contribution in [0.4, 0.5) is 0 Å². The molecule has 1 aromatic rings. The lowest BCUT2D eigenvalue weighted by Crippen LogP contribution is -2.41. The van der Waals surface area contributed by atoms with Crippen molar-refractivity contribution in [2.24, 2.45) is 0 Å². The number of allylic oxidation sites excluding steroid dienone is 1. The summed E-state index contributed by atoms with van der Waals surface area (Å²) in [5.41, 5.74) is 2.19. The fourth-order valence-electron chi connectivity index (χ4n) is 3.37. The Morgan fingerprint density at radius 3 is 2.50 bits per heavy atom. The number of carbonyl (C=O) groups is 1. The van der Waals surface area contributed by atoms with Crippen LogP contribution in [0.1, 0.15) is 51.0 Å². The summed E-state index contributed by atoms with van der Waals surface area (Å²) in [6.45, 7) is 2.11. The van der Waals surface area contributed by atoms with Gasteiger partial charge in [0, 0.05) is 6.04 Å². The van der Waals surface area contributed by atoms with E-state index in [0.717, 1.165) is 37.0 Å². The molecule has 1 aromatic carbocycles. The Morgan fingerprint density at radius 2 is 1.95 bits per heavy atom. The van der Waals surface area contributed by atoms with Gasteiger partial charge in [-0.3, -0.25) is 4.79 Å². The molecule has 1 saturated carbocycles. The van der Waals surface area contributed by atoms with Crippen LogP contribution in [0, 0.1) is 0 Å². The standard InChI is InChI=1S/C19H25NO2/c1-14(15-6-4-3-5-7-15)20-18(21)19(12-13-19)16-8-10-17(22-2)11-9-16/h6,8-11,14H,3-5,7,12-13H2,1-2H3,(H,20,21). The SMILES string of the molecule is COc1ccc(C2(C(=O)NC(C)C3=CCCCC3)CC2)cc1. The van der Waals surface area contributed by atoms with E-state index >= 15 is 0 Å².